The summed E-state index contributed by atoms with van der Waals surface area (Å²) in [6, 6.07) is 2.24. The van der Waals surface area contributed by atoms with Crippen LogP contribution in [0.5, 0.6) is 0 Å². The van der Waals surface area contributed by atoms with E-state index >= 15 is 0 Å². The predicted molar refractivity (Wildman–Crippen MR) is 85.7 cm³/mol. The Labute approximate surface area is 141 Å². The maximum absolute atomic E-state index is 12.4. The van der Waals surface area contributed by atoms with Gasteiger partial charge in [0.15, 0.2) is 0 Å². The molecule has 132 valence electrons. The van der Waals surface area contributed by atoms with E-state index in [2.05, 4.69) is 10.1 Å². The second-order valence-corrected chi connectivity index (χ2v) is 6.92. The zero-order chi connectivity index (χ0) is 16.4. The minimum atomic E-state index is -0.0833. The third-order valence-corrected chi connectivity index (χ3v) is 5.52. The van der Waals surface area contributed by atoms with Crippen molar-refractivity contribution in [3.63, 3.8) is 0 Å². The Morgan fingerprint density at radius 1 is 1.12 bits per heavy atom. The molecule has 3 aliphatic rings. The molecule has 0 unspecified atom stereocenters. The number of carbonyl (C=O) groups excluding carboxylic acids is 1. The molecule has 3 aliphatic heterocycles. The van der Waals surface area contributed by atoms with Crippen LogP contribution in [-0.4, -0.2) is 79.0 Å². The fourth-order valence-electron chi connectivity index (χ4n) is 4.12. The number of hydrogen-bond acceptors (Lipinski definition) is 6. The highest BCUT2D eigenvalue weighted by atomic mass is 16.5. The van der Waals surface area contributed by atoms with Gasteiger partial charge >= 0.3 is 0 Å². The molecule has 0 radical (unpaired) electrons. The molecular formula is C17H25N3O4. The highest BCUT2D eigenvalue weighted by Gasteiger charge is 2.37. The quantitative estimate of drug-likeness (QED) is 0.804. The summed E-state index contributed by atoms with van der Waals surface area (Å²) in [6.07, 6.45) is 4.84. The molecule has 4 rings (SSSR count). The highest BCUT2D eigenvalue weighted by molar-refractivity contribution is 5.91. The fraction of sp³-hybridized carbons (Fsp3) is 0.765. The molecule has 2 atom stereocenters. The molecule has 4 heterocycles. The van der Waals surface area contributed by atoms with Crippen molar-refractivity contribution in [2.24, 2.45) is 5.92 Å². The van der Waals surface area contributed by atoms with Gasteiger partial charge in [0.25, 0.3) is 5.91 Å². The Balaban J connectivity index is 1.38. The van der Waals surface area contributed by atoms with Crippen LogP contribution in [-0.2, 0) is 9.47 Å². The zero-order valence-electron chi connectivity index (χ0n) is 13.9. The summed E-state index contributed by atoms with van der Waals surface area (Å²) in [4.78, 5) is 16.9. The SMILES string of the molecule is O=C(c1ccno1)N1CC[C@H]2CN(C3CCOCC3)CCO[C@H]2C1. The molecule has 0 aliphatic carbocycles. The number of aromatic nitrogens is 1. The summed E-state index contributed by atoms with van der Waals surface area (Å²) in [7, 11) is 0. The van der Waals surface area contributed by atoms with Crippen LogP contribution in [0.25, 0.3) is 0 Å². The second kappa shape index (κ2) is 7.21. The molecule has 1 aromatic heterocycles. The zero-order valence-corrected chi connectivity index (χ0v) is 13.9. The van der Waals surface area contributed by atoms with Crippen LogP contribution in [0, 0.1) is 5.92 Å². The maximum Gasteiger partial charge on any atom is 0.292 e. The number of nitrogens with zero attached hydrogens (tertiary/aromatic N) is 3. The van der Waals surface area contributed by atoms with Gasteiger partial charge in [0.1, 0.15) is 0 Å². The van der Waals surface area contributed by atoms with Gasteiger partial charge in [-0.15, -0.1) is 0 Å². The first-order valence-corrected chi connectivity index (χ1v) is 8.94. The highest BCUT2D eigenvalue weighted by Crippen LogP contribution is 2.27. The molecule has 3 fully saturated rings. The lowest BCUT2D eigenvalue weighted by molar-refractivity contribution is -0.0183. The molecule has 1 aromatic rings. The molecule has 0 saturated carbocycles. The molecule has 7 heteroatoms. The van der Waals surface area contributed by atoms with Crippen molar-refractivity contribution in [2.45, 2.75) is 31.4 Å². The Bertz CT molecular complexity index is 544. The monoisotopic (exact) mass is 335 g/mol. The summed E-state index contributed by atoms with van der Waals surface area (Å²) < 4.78 is 16.6. The molecule has 0 N–H and O–H groups in total. The van der Waals surface area contributed by atoms with Crippen LogP contribution in [0.3, 0.4) is 0 Å². The third kappa shape index (κ3) is 3.34. The first kappa shape index (κ1) is 16.1. The van der Waals surface area contributed by atoms with Gasteiger partial charge in [-0.25, -0.2) is 0 Å². The standard InChI is InChI=1S/C17H25N3O4/c21-17(15-1-5-18-24-15)20-6-2-13-11-19(7-10-23-16(13)12-20)14-3-8-22-9-4-14/h1,5,13-14,16H,2-4,6-12H2/t13-,16-/m0/s1. The van der Waals surface area contributed by atoms with E-state index < -0.39 is 0 Å². The van der Waals surface area contributed by atoms with Crippen LogP contribution in [0.1, 0.15) is 29.8 Å². The number of fused-ring (bicyclic) bond motifs is 1. The van der Waals surface area contributed by atoms with Crippen molar-refractivity contribution in [1.82, 2.24) is 15.0 Å². The fourth-order valence-corrected chi connectivity index (χ4v) is 4.12. The van der Waals surface area contributed by atoms with E-state index in [1.807, 2.05) is 4.90 Å². The first-order valence-electron chi connectivity index (χ1n) is 8.94. The van der Waals surface area contributed by atoms with Crippen molar-refractivity contribution in [3.8, 4) is 0 Å². The van der Waals surface area contributed by atoms with E-state index in [-0.39, 0.29) is 12.0 Å². The number of hydrogen-bond donors (Lipinski definition) is 0. The van der Waals surface area contributed by atoms with Gasteiger partial charge in [-0.2, -0.15) is 0 Å². The summed E-state index contributed by atoms with van der Waals surface area (Å²) in [5.74, 6) is 0.722. The first-order chi connectivity index (χ1) is 11.8. The van der Waals surface area contributed by atoms with Crippen molar-refractivity contribution >= 4 is 5.91 Å². The van der Waals surface area contributed by atoms with Crippen molar-refractivity contribution < 1.29 is 18.8 Å². The van der Waals surface area contributed by atoms with Crippen LogP contribution in [0.2, 0.25) is 0 Å². The van der Waals surface area contributed by atoms with E-state index in [9.17, 15) is 4.79 Å². The minimum absolute atomic E-state index is 0.0833. The molecule has 0 spiro atoms. The van der Waals surface area contributed by atoms with E-state index in [4.69, 9.17) is 14.0 Å². The lowest BCUT2D eigenvalue weighted by atomic mass is 9.92. The largest absolute Gasteiger partial charge is 0.381 e. The number of ether oxygens (including phenoxy) is 2. The molecule has 1 amide bonds. The Kier molecular flexibility index (Phi) is 4.82. The predicted octanol–water partition coefficient (Wildman–Crippen LogP) is 1.02. The van der Waals surface area contributed by atoms with E-state index in [0.29, 0.717) is 24.3 Å². The number of piperidine rings is 1. The van der Waals surface area contributed by atoms with Gasteiger partial charge < -0.3 is 18.9 Å². The van der Waals surface area contributed by atoms with Gasteiger partial charge in [-0.1, -0.05) is 5.16 Å². The molecule has 24 heavy (non-hydrogen) atoms. The number of likely N-dealkylation sites (tertiary alicyclic amines) is 1. The minimum Gasteiger partial charge on any atom is -0.381 e. The Morgan fingerprint density at radius 2 is 2.00 bits per heavy atom. The lowest BCUT2D eigenvalue weighted by Crippen LogP contribution is -2.50. The molecule has 0 aromatic carbocycles. The van der Waals surface area contributed by atoms with Crippen LogP contribution in [0.15, 0.2) is 16.8 Å². The van der Waals surface area contributed by atoms with Crippen LogP contribution >= 0.6 is 0 Å². The number of amides is 1. The van der Waals surface area contributed by atoms with Gasteiger partial charge in [-0.05, 0) is 19.3 Å². The topological polar surface area (TPSA) is 68.0 Å². The van der Waals surface area contributed by atoms with E-state index in [1.165, 1.54) is 6.20 Å². The van der Waals surface area contributed by atoms with Gasteiger partial charge in [0, 0.05) is 57.4 Å². The average Bonchev–Trinajstić information content (AvgIpc) is 3.08. The summed E-state index contributed by atoms with van der Waals surface area (Å²) in [5.41, 5.74) is 0. The molecule has 0 bridgehead atoms. The lowest BCUT2D eigenvalue weighted by Gasteiger charge is -2.39. The summed E-state index contributed by atoms with van der Waals surface area (Å²) >= 11 is 0. The average molecular weight is 335 g/mol. The van der Waals surface area contributed by atoms with Gasteiger partial charge in [-0.3, -0.25) is 9.69 Å². The third-order valence-electron chi connectivity index (χ3n) is 5.52. The second-order valence-electron chi connectivity index (χ2n) is 6.92. The molecule has 3 saturated heterocycles. The van der Waals surface area contributed by atoms with E-state index in [1.54, 1.807) is 6.07 Å². The van der Waals surface area contributed by atoms with Gasteiger partial charge in [0.2, 0.25) is 5.76 Å². The van der Waals surface area contributed by atoms with Crippen LogP contribution in [0.4, 0.5) is 0 Å². The Hall–Kier alpha value is -1.44. The molecular weight excluding hydrogens is 310 g/mol. The summed E-state index contributed by atoms with van der Waals surface area (Å²) in [5, 5.41) is 3.63. The summed E-state index contributed by atoms with van der Waals surface area (Å²) in [6.45, 7) is 5.93. The van der Waals surface area contributed by atoms with Crippen LogP contribution < -0.4 is 0 Å². The smallest absolute Gasteiger partial charge is 0.292 e. The van der Waals surface area contributed by atoms with E-state index in [0.717, 1.165) is 58.7 Å². The maximum atomic E-state index is 12.4. The molecule has 7 nitrogen and oxygen atoms in total. The normalized spacial score (nSPS) is 29.9. The van der Waals surface area contributed by atoms with Crippen molar-refractivity contribution in [1.29, 1.82) is 0 Å². The Morgan fingerprint density at radius 3 is 2.79 bits per heavy atom. The number of rotatable bonds is 2. The van der Waals surface area contributed by atoms with Gasteiger partial charge in [0.05, 0.1) is 18.9 Å². The van der Waals surface area contributed by atoms with Crippen molar-refractivity contribution in [3.05, 3.63) is 18.0 Å². The number of carbonyl (C=O) groups is 1. The van der Waals surface area contributed by atoms with Crippen molar-refractivity contribution in [2.75, 3.05) is 46.0 Å².